The molecule has 0 unspecified atom stereocenters. The molecule has 0 bridgehead atoms. The van der Waals surface area contributed by atoms with Gasteiger partial charge in [-0.1, -0.05) is 0 Å². The van der Waals surface area contributed by atoms with Gasteiger partial charge in [0.15, 0.2) is 0 Å². The first kappa shape index (κ1) is 14.6. The number of nitrogens with zero attached hydrogens (tertiary/aromatic N) is 3. The number of imidazole rings is 1. The number of aromatic amines is 2. The highest BCUT2D eigenvalue weighted by molar-refractivity contribution is 5.58. The first-order chi connectivity index (χ1) is 11.7. The van der Waals surface area contributed by atoms with E-state index in [9.17, 15) is 4.79 Å². The molecule has 0 spiro atoms. The van der Waals surface area contributed by atoms with Gasteiger partial charge in [-0.15, -0.1) is 0 Å². The van der Waals surface area contributed by atoms with Crippen LogP contribution in [-0.2, 0) is 19.5 Å². The van der Waals surface area contributed by atoms with E-state index >= 15 is 0 Å². The highest BCUT2D eigenvalue weighted by atomic mass is 16.1. The minimum Gasteiger partial charge on any atom is -0.399 e. The fourth-order valence-electron chi connectivity index (χ4n) is 3.01. The van der Waals surface area contributed by atoms with E-state index in [1.807, 2.05) is 18.3 Å². The molecule has 1 aliphatic rings. The summed E-state index contributed by atoms with van der Waals surface area (Å²) < 4.78 is 0. The summed E-state index contributed by atoms with van der Waals surface area (Å²) in [5.74, 6) is 0.598. The molecule has 4 rings (SSSR count). The summed E-state index contributed by atoms with van der Waals surface area (Å²) in [6.45, 7) is 2.21. The number of anilines is 1. The minimum atomic E-state index is -0.0684. The SMILES string of the molecule is Nc1ccc(-c2nc3c(c(=O)[nH]2)CN(Cc2cnc[nH]2)CC3)cc1. The van der Waals surface area contributed by atoms with E-state index in [0.29, 0.717) is 18.1 Å². The molecule has 0 amide bonds. The molecule has 1 aliphatic heterocycles. The molecule has 0 saturated heterocycles. The van der Waals surface area contributed by atoms with Gasteiger partial charge in [0, 0.05) is 49.2 Å². The summed E-state index contributed by atoms with van der Waals surface area (Å²) in [4.78, 5) is 29.4. The van der Waals surface area contributed by atoms with E-state index < -0.39 is 0 Å². The van der Waals surface area contributed by atoms with E-state index in [0.717, 1.165) is 42.0 Å². The lowest BCUT2D eigenvalue weighted by Crippen LogP contribution is -2.35. The monoisotopic (exact) mass is 322 g/mol. The largest absolute Gasteiger partial charge is 0.399 e. The number of rotatable bonds is 3. The van der Waals surface area contributed by atoms with Gasteiger partial charge in [-0.05, 0) is 24.3 Å². The van der Waals surface area contributed by atoms with Gasteiger partial charge in [-0.3, -0.25) is 9.69 Å². The smallest absolute Gasteiger partial charge is 0.255 e. The standard InChI is InChI=1S/C17H18N6O/c18-12-3-1-11(2-4-12)16-21-15-5-6-23(8-13-7-19-10-20-13)9-14(15)17(24)22-16/h1-4,7,10H,5-6,8-9,18H2,(H,19,20)(H,21,22,24). The first-order valence-electron chi connectivity index (χ1n) is 7.86. The number of nitrogen functional groups attached to an aromatic ring is 1. The molecule has 122 valence electrons. The summed E-state index contributed by atoms with van der Waals surface area (Å²) in [7, 11) is 0. The van der Waals surface area contributed by atoms with Crippen LogP contribution >= 0.6 is 0 Å². The Balaban J connectivity index is 1.61. The van der Waals surface area contributed by atoms with E-state index in [-0.39, 0.29) is 5.56 Å². The van der Waals surface area contributed by atoms with Gasteiger partial charge in [0.1, 0.15) is 5.82 Å². The van der Waals surface area contributed by atoms with Crippen LogP contribution in [0.15, 0.2) is 41.6 Å². The van der Waals surface area contributed by atoms with Crippen molar-refractivity contribution in [2.24, 2.45) is 0 Å². The fourth-order valence-corrected chi connectivity index (χ4v) is 3.01. The molecular weight excluding hydrogens is 304 g/mol. The highest BCUT2D eigenvalue weighted by Gasteiger charge is 2.21. The quantitative estimate of drug-likeness (QED) is 0.631. The Labute approximate surface area is 138 Å². The average molecular weight is 322 g/mol. The van der Waals surface area contributed by atoms with E-state index in [4.69, 9.17) is 5.73 Å². The molecule has 2 aromatic heterocycles. The molecule has 3 aromatic rings. The van der Waals surface area contributed by atoms with Crippen molar-refractivity contribution in [2.45, 2.75) is 19.5 Å². The normalized spacial score (nSPS) is 14.5. The molecule has 4 N–H and O–H groups in total. The number of aromatic nitrogens is 4. The average Bonchev–Trinajstić information content (AvgIpc) is 3.09. The van der Waals surface area contributed by atoms with Crippen LogP contribution < -0.4 is 11.3 Å². The molecule has 0 fully saturated rings. The Kier molecular flexibility index (Phi) is 3.62. The van der Waals surface area contributed by atoms with Gasteiger partial charge in [0.05, 0.1) is 17.6 Å². The second kappa shape index (κ2) is 5.93. The van der Waals surface area contributed by atoms with Crippen molar-refractivity contribution >= 4 is 5.69 Å². The van der Waals surface area contributed by atoms with Gasteiger partial charge in [0.2, 0.25) is 0 Å². The molecule has 7 heteroatoms. The van der Waals surface area contributed by atoms with Gasteiger partial charge >= 0.3 is 0 Å². The number of nitrogens with one attached hydrogen (secondary N) is 2. The number of H-pyrrole nitrogens is 2. The van der Waals surface area contributed by atoms with Crippen molar-refractivity contribution < 1.29 is 0 Å². The Bertz CT molecular complexity index is 898. The number of hydrogen-bond acceptors (Lipinski definition) is 5. The number of benzene rings is 1. The molecular formula is C17H18N6O. The van der Waals surface area contributed by atoms with Crippen LogP contribution in [0.1, 0.15) is 17.0 Å². The maximum absolute atomic E-state index is 12.5. The molecule has 0 radical (unpaired) electrons. The third kappa shape index (κ3) is 2.81. The zero-order valence-corrected chi connectivity index (χ0v) is 13.1. The molecule has 0 saturated carbocycles. The zero-order chi connectivity index (χ0) is 16.5. The van der Waals surface area contributed by atoms with Gasteiger partial charge < -0.3 is 15.7 Å². The Morgan fingerprint density at radius 1 is 1.25 bits per heavy atom. The van der Waals surface area contributed by atoms with Crippen molar-refractivity contribution in [3.63, 3.8) is 0 Å². The minimum absolute atomic E-state index is 0.0684. The summed E-state index contributed by atoms with van der Waals surface area (Å²) in [6, 6.07) is 7.35. The van der Waals surface area contributed by atoms with Crippen molar-refractivity contribution in [1.29, 1.82) is 0 Å². The van der Waals surface area contributed by atoms with Gasteiger partial charge in [-0.2, -0.15) is 0 Å². The van der Waals surface area contributed by atoms with Crippen LogP contribution in [0.4, 0.5) is 5.69 Å². The summed E-state index contributed by atoms with van der Waals surface area (Å²) in [5.41, 5.74) is 9.87. The third-order valence-corrected chi connectivity index (χ3v) is 4.28. The predicted octanol–water partition coefficient (Wildman–Crippen LogP) is 1.30. The molecule has 24 heavy (non-hydrogen) atoms. The van der Waals surface area contributed by atoms with Gasteiger partial charge in [0.25, 0.3) is 5.56 Å². The van der Waals surface area contributed by atoms with Crippen LogP contribution in [0.3, 0.4) is 0 Å². The lowest BCUT2D eigenvalue weighted by molar-refractivity contribution is 0.239. The lowest BCUT2D eigenvalue weighted by Gasteiger charge is -2.27. The molecule has 3 heterocycles. The lowest BCUT2D eigenvalue weighted by atomic mass is 10.1. The van der Waals surface area contributed by atoms with Crippen molar-refractivity contribution in [3.05, 3.63) is 64.1 Å². The molecule has 0 aliphatic carbocycles. The second-order valence-corrected chi connectivity index (χ2v) is 6.00. The van der Waals surface area contributed by atoms with Crippen LogP contribution in [-0.4, -0.2) is 31.4 Å². The number of fused-ring (bicyclic) bond motifs is 1. The topological polar surface area (TPSA) is 104 Å². The first-order valence-corrected chi connectivity index (χ1v) is 7.86. The van der Waals surface area contributed by atoms with Crippen molar-refractivity contribution in [2.75, 3.05) is 12.3 Å². The zero-order valence-electron chi connectivity index (χ0n) is 13.1. The van der Waals surface area contributed by atoms with Crippen LogP contribution in [0.2, 0.25) is 0 Å². The predicted molar refractivity (Wildman–Crippen MR) is 91.1 cm³/mol. The van der Waals surface area contributed by atoms with Crippen molar-refractivity contribution in [1.82, 2.24) is 24.8 Å². The van der Waals surface area contributed by atoms with Crippen LogP contribution in [0.25, 0.3) is 11.4 Å². The Morgan fingerprint density at radius 3 is 2.83 bits per heavy atom. The number of hydrogen-bond donors (Lipinski definition) is 3. The Hall–Kier alpha value is -2.93. The second-order valence-electron chi connectivity index (χ2n) is 6.00. The fraction of sp³-hybridized carbons (Fsp3) is 0.235. The van der Waals surface area contributed by atoms with Crippen molar-refractivity contribution in [3.8, 4) is 11.4 Å². The molecule has 0 atom stereocenters. The van der Waals surface area contributed by atoms with E-state index in [1.54, 1.807) is 18.5 Å². The maximum Gasteiger partial charge on any atom is 0.255 e. The Morgan fingerprint density at radius 2 is 2.08 bits per heavy atom. The summed E-state index contributed by atoms with van der Waals surface area (Å²) >= 11 is 0. The van der Waals surface area contributed by atoms with Crippen LogP contribution in [0.5, 0.6) is 0 Å². The third-order valence-electron chi connectivity index (χ3n) is 4.28. The summed E-state index contributed by atoms with van der Waals surface area (Å²) in [6.07, 6.45) is 4.23. The highest BCUT2D eigenvalue weighted by Crippen LogP contribution is 2.20. The maximum atomic E-state index is 12.5. The van der Waals surface area contributed by atoms with Crippen LogP contribution in [0, 0.1) is 0 Å². The van der Waals surface area contributed by atoms with E-state index in [2.05, 4.69) is 24.8 Å². The number of nitrogens with two attached hydrogens (primary N) is 1. The van der Waals surface area contributed by atoms with Gasteiger partial charge in [-0.25, -0.2) is 9.97 Å². The molecule has 1 aromatic carbocycles. The summed E-state index contributed by atoms with van der Waals surface area (Å²) in [5, 5.41) is 0. The molecule has 7 nitrogen and oxygen atoms in total. The van der Waals surface area contributed by atoms with E-state index in [1.165, 1.54) is 0 Å².